The highest BCUT2D eigenvalue weighted by Gasteiger charge is 2.32. The van der Waals surface area contributed by atoms with Gasteiger partial charge < -0.3 is 10.6 Å². The van der Waals surface area contributed by atoms with Crippen molar-refractivity contribution in [1.29, 1.82) is 0 Å². The molecule has 1 atom stereocenters. The summed E-state index contributed by atoms with van der Waals surface area (Å²) in [5.74, 6) is 0.512. The Kier molecular flexibility index (Phi) is 4.51. The Labute approximate surface area is 189 Å². The second-order valence-corrected chi connectivity index (χ2v) is 9.92. The first-order valence-corrected chi connectivity index (χ1v) is 12.5. The first-order chi connectivity index (χ1) is 15.2. The maximum absolute atomic E-state index is 13.1. The van der Waals surface area contributed by atoms with Gasteiger partial charge in [0.25, 0.3) is 5.91 Å². The van der Waals surface area contributed by atoms with Crippen LogP contribution < -0.4 is 10.6 Å². The number of thioether (sulfide) groups is 1. The van der Waals surface area contributed by atoms with E-state index in [2.05, 4.69) is 71.5 Å². The molecule has 2 aromatic heterocycles. The van der Waals surface area contributed by atoms with Crippen LogP contribution in [0.15, 0.2) is 65.6 Å². The summed E-state index contributed by atoms with van der Waals surface area (Å²) >= 11 is 3.20. The minimum atomic E-state index is -0.263. The fraction of sp³-hybridized carbons (Fsp3) is 0.200. The van der Waals surface area contributed by atoms with Crippen molar-refractivity contribution in [1.82, 2.24) is 10.3 Å². The monoisotopic (exact) mass is 443 g/mol. The third-order valence-electron chi connectivity index (χ3n) is 5.98. The smallest absolute Gasteiger partial charge is 0.265 e. The molecule has 0 bridgehead atoms. The van der Waals surface area contributed by atoms with Crippen molar-refractivity contribution >= 4 is 44.9 Å². The van der Waals surface area contributed by atoms with E-state index in [1.807, 2.05) is 6.07 Å². The quantitative estimate of drug-likeness (QED) is 0.358. The van der Waals surface area contributed by atoms with E-state index in [0.29, 0.717) is 10.8 Å². The summed E-state index contributed by atoms with van der Waals surface area (Å²) in [6, 6.07) is 21.0. The molecule has 0 spiro atoms. The predicted octanol–water partition coefficient (Wildman–Crippen LogP) is 6.42. The molecule has 2 N–H and O–H groups in total. The van der Waals surface area contributed by atoms with Gasteiger partial charge in [0.05, 0.1) is 5.69 Å². The van der Waals surface area contributed by atoms with E-state index in [-0.39, 0.29) is 12.1 Å². The number of amides is 1. The van der Waals surface area contributed by atoms with Crippen LogP contribution in [0.5, 0.6) is 0 Å². The summed E-state index contributed by atoms with van der Waals surface area (Å²) in [6.45, 7) is 0. The van der Waals surface area contributed by atoms with Crippen molar-refractivity contribution in [2.75, 3.05) is 11.6 Å². The fourth-order valence-corrected chi connectivity index (χ4v) is 5.67. The molecular formula is C25H21N3OS2. The zero-order valence-electron chi connectivity index (χ0n) is 17.0. The third-order valence-corrected chi connectivity index (χ3v) is 7.81. The van der Waals surface area contributed by atoms with E-state index < -0.39 is 0 Å². The molecule has 0 radical (unpaired) electrons. The highest BCUT2D eigenvalue weighted by atomic mass is 32.2. The van der Waals surface area contributed by atoms with Crippen molar-refractivity contribution in [2.24, 2.45) is 0 Å². The standard InChI is InChI=1S/C25H21N3OS2/c1-30-17-11-9-16(10-12-17)23-27-21-20-18(14-5-3-2-4-6-14)13-19(15-7-8-15)26-25(20)31-22(21)24(29)28-23/h2-6,9-13,15,23,27H,7-8H2,1H3,(H,28,29)/t23-/m0/s1. The number of nitrogens with one attached hydrogen (secondary N) is 2. The molecule has 1 amide bonds. The number of aromatic nitrogens is 1. The maximum Gasteiger partial charge on any atom is 0.265 e. The average molecular weight is 444 g/mol. The van der Waals surface area contributed by atoms with Crippen molar-refractivity contribution in [3.63, 3.8) is 0 Å². The van der Waals surface area contributed by atoms with Crippen molar-refractivity contribution in [2.45, 2.75) is 29.8 Å². The second-order valence-electron chi connectivity index (χ2n) is 8.05. The molecule has 154 valence electrons. The van der Waals surface area contributed by atoms with Gasteiger partial charge in [0, 0.05) is 21.9 Å². The molecule has 6 heteroatoms. The number of hydrogen-bond acceptors (Lipinski definition) is 5. The van der Waals surface area contributed by atoms with E-state index in [1.165, 1.54) is 29.1 Å². The second kappa shape index (κ2) is 7.39. The zero-order valence-corrected chi connectivity index (χ0v) is 18.6. The molecule has 0 unspecified atom stereocenters. The Morgan fingerprint density at radius 3 is 2.52 bits per heavy atom. The lowest BCUT2D eigenvalue weighted by Crippen LogP contribution is -2.37. The van der Waals surface area contributed by atoms with E-state index in [9.17, 15) is 4.79 Å². The van der Waals surface area contributed by atoms with Crippen molar-refractivity contribution < 1.29 is 4.79 Å². The van der Waals surface area contributed by atoms with Gasteiger partial charge in [-0.05, 0) is 54.0 Å². The summed E-state index contributed by atoms with van der Waals surface area (Å²) in [6.07, 6.45) is 4.20. The predicted molar refractivity (Wildman–Crippen MR) is 129 cm³/mol. The van der Waals surface area contributed by atoms with Gasteiger partial charge in [-0.2, -0.15) is 0 Å². The number of carbonyl (C=O) groups excluding carboxylic acids is 1. The van der Waals surface area contributed by atoms with Gasteiger partial charge in [-0.25, -0.2) is 4.98 Å². The molecule has 6 rings (SSSR count). The third kappa shape index (κ3) is 3.30. The number of anilines is 1. The minimum absolute atomic E-state index is 0.0392. The number of hydrogen-bond donors (Lipinski definition) is 2. The lowest BCUT2D eigenvalue weighted by atomic mass is 9.99. The lowest BCUT2D eigenvalue weighted by molar-refractivity contribution is 0.0940. The van der Waals surface area contributed by atoms with Gasteiger partial charge in [0.2, 0.25) is 0 Å². The van der Waals surface area contributed by atoms with Gasteiger partial charge in [-0.15, -0.1) is 23.1 Å². The van der Waals surface area contributed by atoms with Gasteiger partial charge in [-0.1, -0.05) is 42.5 Å². The van der Waals surface area contributed by atoms with Crippen LogP contribution in [0.4, 0.5) is 5.69 Å². The average Bonchev–Trinajstić information content (AvgIpc) is 3.60. The van der Waals surface area contributed by atoms with Crippen LogP contribution in [-0.2, 0) is 0 Å². The molecule has 1 aliphatic heterocycles. The topological polar surface area (TPSA) is 54.0 Å². The molecular weight excluding hydrogens is 422 g/mol. The lowest BCUT2D eigenvalue weighted by Gasteiger charge is -2.27. The molecule has 3 heterocycles. The zero-order chi connectivity index (χ0) is 20.9. The summed E-state index contributed by atoms with van der Waals surface area (Å²) in [7, 11) is 0. The van der Waals surface area contributed by atoms with Crippen LogP contribution in [0.1, 0.15) is 45.9 Å². The molecule has 0 saturated heterocycles. The Morgan fingerprint density at radius 1 is 1.03 bits per heavy atom. The normalized spacial score (nSPS) is 17.8. The van der Waals surface area contributed by atoms with E-state index in [4.69, 9.17) is 4.98 Å². The van der Waals surface area contributed by atoms with Crippen LogP contribution in [0.25, 0.3) is 21.3 Å². The SMILES string of the molecule is CSc1ccc([C@@H]2NC(=O)c3sc4nc(C5CC5)cc(-c5ccccc5)c4c3N2)cc1. The molecule has 1 fully saturated rings. The first kappa shape index (κ1) is 18.9. The summed E-state index contributed by atoms with van der Waals surface area (Å²) < 4.78 is 0. The molecule has 4 aromatic rings. The van der Waals surface area contributed by atoms with Crippen LogP contribution in [0, 0.1) is 0 Å². The summed E-state index contributed by atoms with van der Waals surface area (Å²) in [5, 5.41) is 7.78. The number of carbonyl (C=O) groups is 1. The van der Waals surface area contributed by atoms with Gasteiger partial charge in [0.15, 0.2) is 0 Å². The molecule has 31 heavy (non-hydrogen) atoms. The van der Waals surface area contributed by atoms with Gasteiger partial charge >= 0.3 is 0 Å². The first-order valence-electron chi connectivity index (χ1n) is 10.5. The number of pyridine rings is 1. The number of rotatable bonds is 4. The minimum Gasteiger partial charge on any atom is -0.360 e. The Bertz CT molecular complexity index is 1290. The van der Waals surface area contributed by atoms with E-state index in [1.54, 1.807) is 11.8 Å². The number of nitrogens with zero attached hydrogens (tertiary/aromatic N) is 1. The Balaban J connectivity index is 1.51. The van der Waals surface area contributed by atoms with Crippen LogP contribution >= 0.6 is 23.1 Å². The van der Waals surface area contributed by atoms with E-state index in [0.717, 1.165) is 38.3 Å². The number of fused-ring (bicyclic) bond motifs is 3. The molecule has 2 aromatic carbocycles. The van der Waals surface area contributed by atoms with Crippen LogP contribution in [0.2, 0.25) is 0 Å². The van der Waals surface area contributed by atoms with Gasteiger partial charge in [0.1, 0.15) is 15.9 Å². The van der Waals surface area contributed by atoms with Crippen molar-refractivity contribution in [3.05, 3.63) is 76.8 Å². The number of benzene rings is 2. The molecule has 2 aliphatic rings. The van der Waals surface area contributed by atoms with Crippen molar-refractivity contribution in [3.8, 4) is 11.1 Å². The maximum atomic E-state index is 13.1. The fourth-order valence-electron chi connectivity index (χ4n) is 4.19. The Hall–Kier alpha value is -2.83. The van der Waals surface area contributed by atoms with E-state index >= 15 is 0 Å². The summed E-state index contributed by atoms with van der Waals surface area (Å²) in [4.78, 5) is 20.9. The van der Waals surface area contributed by atoms with Crippen LogP contribution in [0.3, 0.4) is 0 Å². The highest BCUT2D eigenvalue weighted by Crippen LogP contribution is 2.47. The summed E-state index contributed by atoms with van der Waals surface area (Å²) in [5.41, 5.74) is 5.40. The molecule has 1 aliphatic carbocycles. The Morgan fingerprint density at radius 2 is 1.81 bits per heavy atom. The van der Waals surface area contributed by atoms with Crippen LogP contribution in [-0.4, -0.2) is 17.1 Å². The van der Waals surface area contributed by atoms with Gasteiger partial charge in [-0.3, -0.25) is 4.79 Å². The molecule has 4 nitrogen and oxygen atoms in total. The molecule has 1 saturated carbocycles. The number of thiophene rings is 1. The highest BCUT2D eigenvalue weighted by molar-refractivity contribution is 7.98. The largest absolute Gasteiger partial charge is 0.360 e.